The summed E-state index contributed by atoms with van der Waals surface area (Å²) in [6.07, 6.45) is -2.35. The number of nitriles is 1. The van der Waals surface area contributed by atoms with Gasteiger partial charge < -0.3 is 23.4 Å². The van der Waals surface area contributed by atoms with E-state index in [9.17, 15) is 23.2 Å². The Labute approximate surface area is 193 Å². The summed E-state index contributed by atoms with van der Waals surface area (Å²) in [5, 5.41) is 9.43. The number of furan rings is 1. The van der Waals surface area contributed by atoms with E-state index in [0.717, 1.165) is 0 Å². The SMILES string of the molecule is CN(Cc1ccccc1OC(F)(F)F)C(=O)C1CCN(c2oc(-c3ccco3)nc2C#N)CC1. The van der Waals surface area contributed by atoms with Gasteiger partial charge in [-0.1, -0.05) is 18.2 Å². The van der Waals surface area contributed by atoms with Crippen molar-refractivity contribution in [2.75, 3.05) is 25.0 Å². The van der Waals surface area contributed by atoms with Gasteiger partial charge in [-0.25, -0.2) is 0 Å². The van der Waals surface area contributed by atoms with Crippen molar-refractivity contribution in [3.8, 4) is 23.5 Å². The molecule has 11 heteroatoms. The summed E-state index contributed by atoms with van der Waals surface area (Å²) < 4.78 is 53.1. The summed E-state index contributed by atoms with van der Waals surface area (Å²) in [6.45, 7) is 0.900. The third kappa shape index (κ3) is 5.17. The molecule has 8 nitrogen and oxygen atoms in total. The number of aromatic nitrogens is 1. The van der Waals surface area contributed by atoms with Gasteiger partial charge >= 0.3 is 6.36 Å². The van der Waals surface area contributed by atoms with E-state index in [-0.39, 0.29) is 41.3 Å². The molecule has 34 heavy (non-hydrogen) atoms. The molecular formula is C23H21F3N4O4. The summed E-state index contributed by atoms with van der Waals surface area (Å²) in [6, 6.07) is 11.1. The Balaban J connectivity index is 1.39. The number of piperidine rings is 1. The number of halogens is 3. The number of nitrogens with zero attached hydrogens (tertiary/aromatic N) is 4. The third-order valence-electron chi connectivity index (χ3n) is 5.56. The van der Waals surface area contributed by atoms with E-state index in [2.05, 4.69) is 9.72 Å². The minimum Gasteiger partial charge on any atom is -0.459 e. The van der Waals surface area contributed by atoms with Crippen LogP contribution in [0.3, 0.4) is 0 Å². The topological polar surface area (TPSA) is 95.7 Å². The van der Waals surface area contributed by atoms with Crippen LogP contribution in [-0.4, -0.2) is 42.3 Å². The van der Waals surface area contributed by atoms with Gasteiger partial charge in [-0.15, -0.1) is 13.2 Å². The van der Waals surface area contributed by atoms with Crippen molar-refractivity contribution < 1.29 is 31.5 Å². The van der Waals surface area contributed by atoms with Crippen molar-refractivity contribution in [2.24, 2.45) is 5.92 Å². The van der Waals surface area contributed by atoms with E-state index in [0.29, 0.717) is 37.6 Å². The Bertz CT molecular complexity index is 1180. The Kier molecular flexibility index (Phi) is 6.49. The quantitative estimate of drug-likeness (QED) is 0.516. The molecule has 0 spiro atoms. The third-order valence-corrected chi connectivity index (χ3v) is 5.56. The lowest BCUT2D eigenvalue weighted by Crippen LogP contribution is -2.41. The first-order chi connectivity index (χ1) is 16.2. The molecule has 1 saturated heterocycles. The molecule has 3 heterocycles. The smallest absolute Gasteiger partial charge is 0.459 e. The summed E-state index contributed by atoms with van der Waals surface area (Å²) >= 11 is 0. The maximum atomic E-state index is 13.0. The molecule has 1 amide bonds. The van der Waals surface area contributed by atoms with Crippen LogP contribution in [0.2, 0.25) is 0 Å². The van der Waals surface area contributed by atoms with Crippen molar-refractivity contribution >= 4 is 11.8 Å². The predicted octanol–water partition coefficient (Wildman–Crippen LogP) is 4.58. The number of carbonyl (C=O) groups is 1. The van der Waals surface area contributed by atoms with Gasteiger partial charge in [0.25, 0.3) is 5.89 Å². The number of alkyl halides is 3. The minimum atomic E-state index is -4.81. The molecule has 178 valence electrons. The molecule has 0 N–H and O–H groups in total. The van der Waals surface area contributed by atoms with Crippen LogP contribution in [0.4, 0.5) is 19.1 Å². The van der Waals surface area contributed by atoms with E-state index in [4.69, 9.17) is 8.83 Å². The number of anilines is 1. The summed E-state index contributed by atoms with van der Waals surface area (Å²) in [5.41, 5.74) is 0.397. The van der Waals surface area contributed by atoms with Gasteiger partial charge in [-0.3, -0.25) is 4.79 Å². The number of para-hydroxylation sites is 1. The average molecular weight is 474 g/mol. The second kappa shape index (κ2) is 9.51. The minimum absolute atomic E-state index is 0.0154. The highest BCUT2D eigenvalue weighted by Gasteiger charge is 2.33. The Morgan fingerprint density at radius 3 is 2.65 bits per heavy atom. The molecule has 0 bridgehead atoms. The van der Waals surface area contributed by atoms with Crippen molar-refractivity contribution in [1.29, 1.82) is 5.26 Å². The number of benzene rings is 1. The van der Waals surface area contributed by atoms with Crippen molar-refractivity contribution in [3.63, 3.8) is 0 Å². The van der Waals surface area contributed by atoms with Gasteiger partial charge in [0.1, 0.15) is 11.8 Å². The van der Waals surface area contributed by atoms with Crippen LogP contribution in [0, 0.1) is 17.2 Å². The second-order valence-corrected chi connectivity index (χ2v) is 7.87. The standard InChI is InChI=1S/C23H21F3N4O4/c1-29(14-16-5-2-3-6-18(16)34-23(24,25)26)21(31)15-8-10-30(11-9-15)22-17(13-27)28-20(33-22)19-7-4-12-32-19/h2-7,12,15H,8-11,14H2,1H3. The largest absolute Gasteiger partial charge is 0.573 e. The second-order valence-electron chi connectivity index (χ2n) is 7.87. The number of rotatable bonds is 6. The maximum absolute atomic E-state index is 13.0. The fourth-order valence-corrected chi connectivity index (χ4v) is 3.94. The van der Waals surface area contributed by atoms with E-state index in [1.54, 1.807) is 25.2 Å². The van der Waals surface area contributed by atoms with E-state index in [1.165, 1.54) is 29.4 Å². The molecule has 1 aliphatic heterocycles. The zero-order valence-electron chi connectivity index (χ0n) is 18.2. The number of oxazole rings is 1. The number of carbonyl (C=O) groups excluding carboxylic acids is 1. The van der Waals surface area contributed by atoms with Crippen molar-refractivity contribution in [3.05, 3.63) is 53.9 Å². The van der Waals surface area contributed by atoms with Crippen LogP contribution in [-0.2, 0) is 11.3 Å². The lowest BCUT2D eigenvalue weighted by atomic mass is 9.95. The van der Waals surface area contributed by atoms with Gasteiger partial charge in [-0.2, -0.15) is 10.2 Å². The van der Waals surface area contributed by atoms with E-state index >= 15 is 0 Å². The Hall–Kier alpha value is -3.94. The lowest BCUT2D eigenvalue weighted by molar-refractivity contribution is -0.275. The molecule has 0 unspecified atom stereocenters. The van der Waals surface area contributed by atoms with Gasteiger partial charge in [-0.05, 0) is 31.0 Å². The monoisotopic (exact) mass is 474 g/mol. The zero-order chi connectivity index (χ0) is 24.3. The van der Waals surface area contributed by atoms with Crippen LogP contribution in [0.5, 0.6) is 5.75 Å². The van der Waals surface area contributed by atoms with Crippen LogP contribution in [0.25, 0.3) is 11.7 Å². The number of ether oxygens (including phenoxy) is 1. The fraction of sp³-hybridized carbons (Fsp3) is 0.348. The number of hydrogen-bond donors (Lipinski definition) is 0. The maximum Gasteiger partial charge on any atom is 0.573 e. The van der Waals surface area contributed by atoms with Crippen molar-refractivity contribution in [2.45, 2.75) is 25.7 Å². The molecule has 1 aliphatic rings. The van der Waals surface area contributed by atoms with Crippen molar-refractivity contribution in [1.82, 2.24) is 9.88 Å². The molecular weight excluding hydrogens is 453 g/mol. The predicted molar refractivity (Wildman–Crippen MR) is 113 cm³/mol. The first kappa shape index (κ1) is 23.2. The number of amides is 1. The molecule has 0 saturated carbocycles. The van der Waals surface area contributed by atoms with E-state index in [1.807, 2.05) is 11.0 Å². The summed E-state index contributed by atoms with van der Waals surface area (Å²) in [5.74, 6) is 0.127. The van der Waals surface area contributed by atoms with Crippen LogP contribution < -0.4 is 9.64 Å². The highest BCUT2D eigenvalue weighted by atomic mass is 19.4. The normalized spacial score (nSPS) is 14.6. The average Bonchev–Trinajstić information content (AvgIpc) is 3.49. The first-order valence-corrected chi connectivity index (χ1v) is 10.5. The van der Waals surface area contributed by atoms with Crippen LogP contribution in [0.15, 0.2) is 51.5 Å². The zero-order valence-corrected chi connectivity index (χ0v) is 18.2. The molecule has 2 aromatic heterocycles. The van der Waals surface area contributed by atoms with Gasteiger partial charge in [0.05, 0.1) is 6.26 Å². The summed E-state index contributed by atoms with van der Waals surface area (Å²) in [7, 11) is 1.55. The molecule has 0 radical (unpaired) electrons. The molecule has 0 atom stereocenters. The van der Waals surface area contributed by atoms with Gasteiger partial charge in [0.2, 0.25) is 17.5 Å². The highest BCUT2D eigenvalue weighted by Crippen LogP contribution is 2.32. The van der Waals surface area contributed by atoms with Crippen LogP contribution >= 0.6 is 0 Å². The Morgan fingerprint density at radius 1 is 1.26 bits per heavy atom. The van der Waals surface area contributed by atoms with Gasteiger partial charge in [0, 0.05) is 38.2 Å². The molecule has 0 aliphatic carbocycles. The first-order valence-electron chi connectivity index (χ1n) is 10.5. The van der Waals surface area contributed by atoms with Gasteiger partial charge in [0.15, 0.2) is 5.76 Å². The Morgan fingerprint density at radius 2 is 2.00 bits per heavy atom. The highest BCUT2D eigenvalue weighted by molar-refractivity contribution is 5.79. The summed E-state index contributed by atoms with van der Waals surface area (Å²) in [4.78, 5) is 20.4. The van der Waals surface area contributed by atoms with E-state index < -0.39 is 6.36 Å². The lowest BCUT2D eigenvalue weighted by Gasteiger charge is -2.33. The molecule has 4 rings (SSSR count). The molecule has 1 aromatic carbocycles. The fourth-order valence-electron chi connectivity index (χ4n) is 3.94. The van der Waals surface area contributed by atoms with Crippen LogP contribution in [0.1, 0.15) is 24.1 Å². The molecule has 3 aromatic rings. The molecule has 1 fully saturated rings. The number of hydrogen-bond acceptors (Lipinski definition) is 7.